The lowest BCUT2D eigenvalue weighted by atomic mass is 10.0. The molecule has 5 heteroatoms. The molecule has 0 saturated carbocycles. The zero-order chi connectivity index (χ0) is 22.8. The molecule has 30 heavy (non-hydrogen) atoms. The predicted molar refractivity (Wildman–Crippen MR) is 129 cm³/mol. The summed E-state index contributed by atoms with van der Waals surface area (Å²) in [5, 5.41) is 8.66. The van der Waals surface area contributed by atoms with Crippen molar-refractivity contribution in [1.82, 2.24) is 0 Å². The maximum Gasteiger partial charge on any atom is 0.335 e. The van der Waals surface area contributed by atoms with Crippen LogP contribution >= 0.6 is 7.37 Å². The van der Waals surface area contributed by atoms with Crippen molar-refractivity contribution in [3.63, 3.8) is 0 Å². The summed E-state index contributed by atoms with van der Waals surface area (Å²) in [6.07, 6.45) is 13.6. The molecule has 0 aliphatic carbocycles. The molecule has 1 rings (SSSR count). The van der Waals surface area contributed by atoms with Crippen LogP contribution in [0, 0.1) is 5.92 Å². The Morgan fingerprint density at radius 1 is 0.833 bits per heavy atom. The van der Waals surface area contributed by atoms with Gasteiger partial charge in [-0.25, -0.2) is 4.79 Å². The second kappa shape index (κ2) is 17.5. The van der Waals surface area contributed by atoms with E-state index in [1.54, 1.807) is 12.1 Å². The van der Waals surface area contributed by atoms with Crippen molar-refractivity contribution in [1.29, 1.82) is 0 Å². The Morgan fingerprint density at radius 3 is 1.63 bits per heavy atom. The third-order valence-electron chi connectivity index (χ3n) is 5.07. The van der Waals surface area contributed by atoms with Crippen molar-refractivity contribution in [2.75, 3.05) is 12.3 Å². The first-order chi connectivity index (χ1) is 14.2. The molecule has 0 atom stereocenters. The van der Waals surface area contributed by atoms with Crippen molar-refractivity contribution in [2.45, 2.75) is 98.3 Å². The predicted octanol–water partition coefficient (Wildman–Crippen LogP) is 7.78. The highest BCUT2D eigenvalue weighted by molar-refractivity contribution is 7.57. The van der Waals surface area contributed by atoms with Crippen LogP contribution < -0.4 is 0 Å². The normalized spacial score (nSPS) is 11.3. The summed E-state index contributed by atoms with van der Waals surface area (Å²) < 4.78 is 11.8. The lowest BCUT2D eigenvalue weighted by Crippen LogP contribution is -1.98. The largest absolute Gasteiger partial charge is 0.478 e. The molecule has 0 aliphatic rings. The van der Waals surface area contributed by atoms with Gasteiger partial charge in [-0.1, -0.05) is 91.2 Å². The fourth-order valence-electron chi connectivity index (χ4n) is 3.29. The average molecular weight is 441 g/mol. The van der Waals surface area contributed by atoms with Crippen molar-refractivity contribution in [3.8, 4) is 0 Å². The van der Waals surface area contributed by atoms with Crippen molar-refractivity contribution in [2.24, 2.45) is 5.92 Å². The van der Waals surface area contributed by atoms with E-state index in [9.17, 15) is 14.3 Å². The molecule has 0 saturated heterocycles. The van der Waals surface area contributed by atoms with E-state index in [-0.39, 0.29) is 0 Å². The van der Waals surface area contributed by atoms with Gasteiger partial charge in [-0.3, -0.25) is 4.57 Å². The smallest absolute Gasteiger partial charge is 0.335 e. The van der Waals surface area contributed by atoms with Crippen LogP contribution in [-0.4, -0.2) is 28.3 Å². The third-order valence-corrected chi connectivity index (χ3v) is 7.10. The highest BCUT2D eigenvalue weighted by atomic mass is 31.2. The average Bonchev–Trinajstić information content (AvgIpc) is 2.68. The Morgan fingerprint density at radius 2 is 1.27 bits per heavy atom. The summed E-state index contributed by atoms with van der Waals surface area (Å²) in [4.78, 5) is 20.3. The lowest BCUT2D eigenvalue weighted by molar-refractivity contribution is 0.0697. The zero-order valence-corrected chi connectivity index (χ0v) is 20.6. The molecule has 0 heterocycles. The van der Waals surface area contributed by atoms with Crippen LogP contribution in [-0.2, 0) is 11.0 Å². The molecule has 0 radical (unpaired) electrons. The van der Waals surface area contributed by atoms with Gasteiger partial charge in [0.1, 0.15) is 0 Å². The maximum absolute atomic E-state index is 11.8. The van der Waals surface area contributed by atoms with E-state index >= 15 is 0 Å². The fourth-order valence-corrected chi connectivity index (χ4v) is 4.95. The number of hydrogen-bond acceptors (Lipinski definition) is 2. The second-order valence-corrected chi connectivity index (χ2v) is 11.3. The molecule has 0 aliphatic heterocycles. The third kappa shape index (κ3) is 16.7. The number of carboxylic acid groups (broad SMARTS) is 1. The minimum absolute atomic E-state index is 0.354. The standard InChI is InChI=1S/C14H31O2P.C11H14O2/c1-3-5-7-9-11-13-17(15,16)14-12-10-8-6-4-2;1-8(2)7-9-3-5-10(6-4-9)11(12)13/h3-14H2,1-2H3,(H,15,16);3-6,8H,7H2,1-2H3,(H,12,13). The summed E-state index contributed by atoms with van der Waals surface area (Å²) in [5.74, 6) is -0.258. The summed E-state index contributed by atoms with van der Waals surface area (Å²) in [7, 11) is -2.79. The summed E-state index contributed by atoms with van der Waals surface area (Å²) in [6.45, 7) is 8.66. The van der Waals surface area contributed by atoms with Gasteiger partial charge in [0, 0.05) is 12.3 Å². The molecule has 1 aromatic carbocycles. The van der Waals surface area contributed by atoms with E-state index < -0.39 is 13.3 Å². The van der Waals surface area contributed by atoms with Crippen molar-refractivity contribution >= 4 is 13.3 Å². The van der Waals surface area contributed by atoms with Gasteiger partial charge in [-0.05, 0) is 42.9 Å². The number of unbranched alkanes of at least 4 members (excludes halogenated alkanes) is 8. The van der Waals surface area contributed by atoms with E-state index in [2.05, 4.69) is 27.7 Å². The number of aromatic carboxylic acids is 1. The maximum atomic E-state index is 11.8. The molecule has 0 bridgehead atoms. The first kappa shape index (κ1) is 28.9. The summed E-state index contributed by atoms with van der Waals surface area (Å²) >= 11 is 0. The van der Waals surface area contributed by atoms with E-state index in [1.807, 2.05) is 12.1 Å². The van der Waals surface area contributed by atoms with Crippen LogP contribution in [0.4, 0.5) is 0 Å². The highest BCUT2D eigenvalue weighted by Gasteiger charge is 2.16. The first-order valence-electron chi connectivity index (χ1n) is 11.8. The topological polar surface area (TPSA) is 74.6 Å². The molecule has 174 valence electrons. The zero-order valence-electron chi connectivity index (χ0n) is 19.7. The van der Waals surface area contributed by atoms with Gasteiger partial charge in [0.05, 0.1) is 5.56 Å². The van der Waals surface area contributed by atoms with Gasteiger partial charge >= 0.3 is 5.97 Å². The van der Waals surface area contributed by atoms with Crippen molar-refractivity contribution in [3.05, 3.63) is 35.4 Å². The molecule has 0 spiro atoms. The molecule has 0 fully saturated rings. The molecule has 0 amide bonds. The van der Waals surface area contributed by atoms with E-state index in [4.69, 9.17) is 5.11 Å². The van der Waals surface area contributed by atoms with Gasteiger partial charge < -0.3 is 10.00 Å². The van der Waals surface area contributed by atoms with Crippen LogP contribution in [0.2, 0.25) is 0 Å². The van der Waals surface area contributed by atoms with Gasteiger partial charge in [0.15, 0.2) is 0 Å². The van der Waals surface area contributed by atoms with Gasteiger partial charge in [0.2, 0.25) is 7.37 Å². The molecule has 4 nitrogen and oxygen atoms in total. The monoisotopic (exact) mass is 440 g/mol. The Hall–Kier alpha value is -1.12. The second-order valence-electron chi connectivity index (χ2n) is 8.72. The Kier molecular flexibility index (Phi) is 16.9. The fraction of sp³-hybridized carbons (Fsp3) is 0.720. The number of hydrogen-bond donors (Lipinski definition) is 2. The van der Waals surface area contributed by atoms with Crippen LogP contribution in [0.15, 0.2) is 24.3 Å². The number of carbonyl (C=O) groups is 1. The highest BCUT2D eigenvalue weighted by Crippen LogP contribution is 2.42. The molecule has 0 unspecified atom stereocenters. The Bertz CT molecular complexity index is 578. The van der Waals surface area contributed by atoms with Crippen LogP contribution in [0.1, 0.15) is 108 Å². The minimum atomic E-state index is -2.79. The summed E-state index contributed by atoms with van der Waals surface area (Å²) in [5.41, 5.74) is 1.55. The molecule has 1 aromatic rings. The van der Waals surface area contributed by atoms with Crippen LogP contribution in [0.3, 0.4) is 0 Å². The number of carboxylic acids is 1. The minimum Gasteiger partial charge on any atom is -0.478 e. The van der Waals surface area contributed by atoms with Crippen LogP contribution in [0.25, 0.3) is 0 Å². The number of rotatable bonds is 15. The Labute approximate surface area is 184 Å². The Balaban J connectivity index is 0.000000579. The quantitative estimate of drug-likeness (QED) is 0.216. The molecular formula is C25H45O4P. The van der Waals surface area contributed by atoms with E-state index in [0.717, 1.165) is 32.1 Å². The number of benzene rings is 1. The first-order valence-corrected chi connectivity index (χ1v) is 13.9. The van der Waals surface area contributed by atoms with Gasteiger partial charge in [0.25, 0.3) is 0 Å². The van der Waals surface area contributed by atoms with E-state index in [0.29, 0.717) is 23.8 Å². The van der Waals surface area contributed by atoms with Crippen molar-refractivity contribution < 1.29 is 19.4 Å². The summed E-state index contributed by atoms with van der Waals surface area (Å²) in [6, 6.07) is 7.06. The lowest BCUT2D eigenvalue weighted by Gasteiger charge is -2.11. The molecule has 2 N–H and O–H groups in total. The van der Waals surface area contributed by atoms with Crippen LogP contribution in [0.5, 0.6) is 0 Å². The SMILES string of the molecule is CC(C)Cc1ccc(C(=O)O)cc1.CCCCCCCP(=O)(O)CCCCCCC. The molecular weight excluding hydrogens is 395 g/mol. The van der Waals surface area contributed by atoms with E-state index in [1.165, 1.54) is 44.1 Å². The van der Waals surface area contributed by atoms with Gasteiger partial charge in [-0.15, -0.1) is 0 Å². The molecule has 0 aromatic heterocycles. The van der Waals surface area contributed by atoms with Gasteiger partial charge in [-0.2, -0.15) is 0 Å².